The van der Waals surface area contributed by atoms with E-state index in [1.165, 1.54) is 0 Å². The summed E-state index contributed by atoms with van der Waals surface area (Å²) in [5, 5.41) is 12.5. The van der Waals surface area contributed by atoms with Crippen molar-refractivity contribution in [1.29, 1.82) is 0 Å². The van der Waals surface area contributed by atoms with E-state index in [0.717, 1.165) is 15.4 Å². The van der Waals surface area contributed by atoms with E-state index in [2.05, 4.69) is 26.1 Å². The smallest absolute Gasteiger partial charge is 0.180 e. The number of hydrogen-bond donors (Lipinski definition) is 2. The zero-order valence-corrected chi connectivity index (χ0v) is 11.3. The fourth-order valence-corrected chi connectivity index (χ4v) is 1.99. The van der Waals surface area contributed by atoms with Crippen molar-refractivity contribution in [3.05, 3.63) is 34.9 Å². The van der Waals surface area contributed by atoms with Gasteiger partial charge in [0.2, 0.25) is 0 Å². The number of pyridine rings is 1. The van der Waals surface area contributed by atoms with Crippen LogP contribution in [0.25, 0.3) is 10.9 Å². The van der Waals surface area contributed by atoms with Gasteiger partial charge in [0.1, 0.15) is 11.3 Å². The first-order valence-corrected chi connectivity index (χ1v) is 6.10. The zero-order chi connectivity index (χ0) is 13.1. The van der Waals surface area contributed by atoms with Gasteiger partial charge >= 0.3 is 0 Å². The highest BCUT2D eigenvalue weighted by molar-refractivity contribution is 9.10. The van der Waals surface area contributed by atoms with Crippen LogP contribution in [0.2, 0.25) is 0 Å². The van der Waals surface area contributed by atoms with Crippen LogP contribution in [-0.4, -0.2) is 22.1 Å². The molecule has 5 nitrogen and oxygen atoms in total. The second-order valence-electron chi connectivity index (χ2n) is 3.73. The molecule has 3 N–H and O–H groups in total. The maximum atomic E-state index is 8.60. The third-order valence-corrected chi connectivity index (χ3v) is 3.21. The lowest BCUT2D eigenvalue weighted by Gasteiger charge is -2.14. The predicted octanol–water partition coefficient (Wildman–Crippen LogP) is 2.51. The van der Waals surface area contributed by atoms with Gasteiger partial charge in [-0.15, -0.1) is 0 Å². The summed E-state index contributed by atoms with van der Waals surface area (Å²) in [7, 11) is 0. The zero-order valence-electron chi connectivity index (χ0n) is 9.67. The van der Waals surface area contributed by atoms with Crippen LogP contribution in [-0.2, 0) is 0 Å². The number of rotatable bonds is 3. The van der Waals surface area contributed by atoms with Gasteiger partial charge in [0.15, 0.2) is 11.9 Å². The third-order valence-electron chi connectivity index (χ3n) is 2.52. The lowest BCUT2D eigenvalue weighted by molar-refractivity contribution is 0.267. The molecule has 1 atom stereocenters. The molecule has 0 radical (unpaired) electrons. The summed E-state index contributed by atoms with van der Waals surface area (Å²) in [5.74, 6) is 0.606. The van der Waals surface area contributed by atoms with Crippen molar-refractivity contribution in [1.82, 2.24) is 4.98 Å². The molecule has 1 heterocycles. The molecule has 18 heavy (non-hydrogen) atoms. The molecule has 6 heteroatoms. The molecule has 2 aromatic rings. The minimum atomic E-state index is -0.526. The van der Waals surface area contributed by atoms with E-state index >= 15 is 0 Å². The largest absolute Gasteiger partial charge is 0.480 e. The highest BCUT2D eigenvalue weighted by Gasteiger charge is 2.13. The van der Waals surface area contributed by atoms with E-state index in [1.54, 1.807) is 19.2 Å². The maximum absolute atomic E-state index is 8.60. The number of nitrogens with zero attached hydrogens (tertiary/aromatic N) is 2. The molecule has 1 unspecified atom stereocenters. The summed E-state index contributed by atoms with van der Waals surface area (Å²) < 4.78 is 6.58. The molecule has 0 aliphatic heterocycles. The maximum Gasteiger partial charge on any atom is 0.180 e. The Kier molecular flexibility index (Phi) is 3.66. The van der Waals surface area contributed by atoms with Gasteiger partial charge in [-0.05, 0) is 25.1 Å². The molecule has 2 rings (SSSR count). The van der Waals surface area contributed by atoms with Crippen LogP contribution in [0.1, 0.15) is 6.92 Å². The summed E-state index contributed by atoms with van der Waals surface area (Å²) in [6, 6.07) is 7.45. The Morgan fingerprint density at radius 1 is 1.50 bits per heavy atom. The topological polar surface area (TPSA) is 80.7 Å². The van der Waals surface area contributed by atoms with Crippen molar-refractivity contribution in [2.24, 2.45) is 10.9 Å². The van der Waals surface area contributed by atoms with Crippen molar-refractivity contribution in [3.63, 3.8) is 0 Å². The number of halogens is 1. The number of ether oxygens (including phenoxy) is 1. The van der Waals surface area contributed by atoms with E-state index < -0.39 is 6.10 Å². The van der Waals surface area contributed by atoms with E-state index in [9.17, 15) is 0 Å². The van der Waals surface area contributed by atoms with Crippen molar-refractivity contribution < 1.29 is 9.94 Å². The van der Waals surface area contributed by atoms with Gasteiger partial charge in [-0.2, -0.15) is 0 Å². The van der Waals surface area contributed by atoms with Crippen LogP contribution in [0.3, 0.4) is 0 Å². The Bertz CT molecular complexity index is 601. The highest BCUT2D eigenvalue weighted by Crippen LogP contribution is 2.30. The van der Waals surface area contributed by atoms with Crippen LogP contribution in [0.4, 0.5) is 0 Å². The van der Waals surface area contributed by atoms with Gasteiger partial charge in [-0.3, -0.25) is 4.98 Å². The average Bonchev–Trinajstić information content (AvgIpc) is 2.41. The molecule has 0 saturated heterocycles. The Morgan fingerprint density at radius 2 is 2.28 bits per heavy atom. The number of fused-ring (bicyclic) bond motifs is 1. The Morgan fingerprint density at radius 3 is 3.00 bits per heavy atom. The van der Waals surface area contributed by atoms with Gasteiger partial charge in [0, 0.05) is 16.1 Å². The Labute approximate surface area is 112 Å². The van der Waals surface area contributed by atoms with Crippen LogP contribution in [0.5, 0.6) is 5.75 Å². The predicted molar refractivity (Wildman–Crippen MR) is 72.9 cm³/mol. The summed E-state index contributed by atoms with van der Waals surface area (Å²) >= 11 is 3.46. The number of hydrogen-bond acceptors (Lipinski definition) is 4. The number of amidine groups is 1. The molecule has 94 valence electrons. The number of aromatic nitrogens is 1. The van der Waals surface area contributed by atoms with Gasteiger partial charge in [0.25, 0.3) is 0 Å². The second-order valence-corrected chi connectivity index (χ2v) is 4.58. The molecule has 0 bridgehead atoms. The molecule has 1 aromatic carbocycles. The minimum Gasteiger partial charge on any atom is -0.480 e. The van der Waals surface area contributed by atoms with Crippen LogP contribution in [0.15, 0.2) is 40.1 Å². The SMILES string of the molecule is CC(Oc1ccc(Br)c2cccnc12)C(N)=NO. The van der Waals surface area contributed by atoms with E-state index in [0.29, 0.717) is 5.75 Å². The molecule has 0 fully saturated rings. The quantitative estimate of drug-likeness (QED) is 0.395. The summed E-state index contributed by atoms with van der Waals surface area (Å²) in [6.45, 7) is 1.70. The molecular weight excluding hydrogens is 298 g/mol. The summed E-state index contributed by atoms with van der Waals surface area (Å²) in [5.41, 5.74) is 6.21. The second kappa shape index (κ2) is 5.22. The molecule has 0 aliphatic carbocycles. The highest BCUT2D eigenvalue weighted by atomic mass is 79.9. The van der Waals surface area contributed by atoms with Crippen LogP contribution >= 0.6 is 15.9 Å². The normalized spacial score (nSPS) is 13.6. The van der Waals surface area contributed by atoms with Gasteiger partial charge in [0.05, 0.1) is 0 Å². The Balaban J connectivity index is 2.43. The van der Waals surface area contributed by atoms with E-state index in [-0.39, 0.29) is 5.84 Å². The fourth-order valence-electron chi connectivity index (χ4n) is 1.54. The lowest BCUT2D eigenvalue weighted by Crippen LogP contribution is -2.31. The van der Waals surface area contributed by atoms with Crippen LogP contribution < -0.4 is 10.5 Å². The molecule has 0 saturated carbocycles. The first kappa shape index (κ1) is 12.6. The number of benzene rings is 1. The standard InChI is InChI=1S/C12H12BrN3O2/c1-7(12(14)16-17)18-10-5-4-9(13)8-3-2-6-15-11(8)10/h2-7,17H,1H3,(H2,14,16). The lowest BCUT2D eigenvalue weighted by atomic mass is 10.2. The number of nitrogens with two attached hydrogens (primary N) is 1. The van der Waals surface area contributed by atoms with Crippen LogP contribution in [0, 0.1) is 0 Å². The molecule has 0 spiro atoms. The Hall–Kier alpha value is -1.82. The first-order valence-electron chi connectivity index (χ1n) is 5.30. The fraction of sp³-hybridized carbons (Fsp3) is 0.167. The van der Waals surface area contributed by atoms with Gasteiger partial charge < -0.3 is 15.7 Å². The van der Waals surface area contributed by atoms with E-state index in [1.807, 2.05) is 18.2 Å². The van der Waals surface area contributed by atoms with E-state index in [4.69, 9.17) is 15.7 Å². The molecule has 0 amide bonds. The molecule has 1 aromatic heterocycles. The minimum absolute atomic E-state index is 0.0157. The third kappa shape index (κ3) is 2.38. The van der Waals surface area contributed by atoms with Gasteiger partial charge in [-0.1, -0.05) is 27.2 Å². The monoisotopic (exact) mass is 309 g/mol. The summed E-state index contributed by atoms with van der Waals surface area (Å²) in [4.78, 5) is 4.28. The average molecular weight is 310 g/mol. The van der Waals surface area contributed by atoms with Crippen molar-refractivity contribution in [3.8, 4) is 5.75 Å². The molecule has 0 aliphatic rings. The number of oxime groups is 1. The molecular formula is C12H12BrN3O2. The van der Waals surface area contributed by atoms with Crippen molar-refractivity contribution in [2.45, 2.75) is 13.0 Å². The van der Waals surface area contributed by atoms with Crippen molar-refractivity contribution in [2.75, 3.05) is 0 Å². The van der Waals surface area contributed by atoms with Gasteiger partial charge in [-0.25, -0.2) is 0 Å². The summed E-state index contributed by atoms with van der Waals surface area (Å²) in [6.07, 6.45) is 1.16. The first-order chi connectivity index (χ1) is 8.63. The van der Waals surface area contributed by atoms with Crippen molar-refractivity contribution >= 4 is 32.7 Å².